The first-order valence-electron chi connectivity index (χ1n) is 18.3. The van der Waals surface area contributed by atoms with Gasteiger partial charge in [-0.05, 0) is 74.5 Å². The second kappa shape index (κ2) is 12.2. The second-order valence-electron chi connectivity index (χ2n) is 13.9. The van der Waals surface area contributed by atoms with Crippen LogP contribution >= 0.6 is 11.3 Å². The molecule has 2 heterocycles. The Balaban J connectivity index is 1.13. The van der Waals surface area contributed by atoms with Crippen molar-refractivity contribution in [2.45, 2.75) is 5.41 Å². The molecule has 10 aromatic rings. The summed E-state index contributed by atoms with van der Waals surface area (Å²) in [6, 6.07) is 67.5. The van der Waals surface area contributed by atoms with Crippen molar-refractivity contribution in [1.29, 1.82) is 0 Å². The van der Waals surface area contributed by atoms with E-state index in [4.69, 9.17) is 15.0 Å². The zero-order chi connectivity index (χ0) is 35.6. The molecule has 0 N–H and O–H groups in total. The highest BCUT2D eigenvalue weighted by molar-refractivity contribution is 7.25. The lowest BCUT2D eigenvalue weighted by Gasteiger charge is -2.34. The van der Waals surface area contributed by atoms with Crippen molar-refractivity contribution >= 4 is 42.3 Å². The quantitative estimate of drug-likeness (QED) is 0.179. The van der Waals surface area contributed by atoms with Crippen LogP contribution in [0.4, 0.5) is 0 Å². The van der Waals surface area contributed by atoms with Gasteiger partial charge in [-0.3, -0.25) is 0 Å². The molecule has 0 saturated heterocycles. The van der Waals surface area contributed by atoms with E-state index in [0.29, 0.717) is 17.5 Å². The molecule has 0 radical (unpaired) electrons. The lowest BCUT2D eigenvalue weighted by Crippen LogP contribution is -2.28. The maximum absolute atomic E-state index is 5.24. The Bertz CT molecular complexity index is 3000. The molecule has 11 rings (SSSR count). The van der Waals surface area contributed by atoms with E-state index in [1.807, 2.05) is 18.2 Å². The van der Waals surface area contributed by atoms with Gasteiger partial charge < -0.3 is 0 Å². The Kier molecular flexibility index (Phi) is 6.94. The van der Waals surface area contributed by atoms with Gasteiger partial charge in [-0.15, -0.1) is 11.3 Å². The normalized spacial score (nSPS) is 13.0. The molecule has 252 valence electrons. The third kappa shape index (κ3) is 4.64. The molecule has 0 amide bonds. The molecule has 0 bridgehead atoms. The summed E-state index contributed by atoms with van der Waals surface area (Å²) in [5, 5.41) is 4.72. The molecule has 0 unspecified atom stereocenters. The number of thiophene rings is 1. The largest absolute Gasteiger partial charge is 0.208 e. The fourth-order valence-corrected chi connectivity index (χ4v) is 9.76. The first-order valence-corrected chi connectivity index (χ1v) is 19.1. The first kappa shape index (κ1) is 30.8. The van der Waals surface area contributed by atoms with Crippen LogP contribution in [0, 0.1) is 0 Å². The van der Waals surface area contributed by atoms with Crippen LogP contribution in [0.1, 0.15) is 22.3 Å². The summed E-state index contributed by atoms with van der Waals surface area (Å²) < 4.78 is 2.48. The maximum atomic E-state index is 5.24. The van der Waals surface area contributed by atoms with E-state index < -0.39 is 5.41 Å². The minimum Gasteiger partial charge on any atom is -0.208 e. The Morgan fingerprint density at radius 3 is 1.76 bits per heavy atom. The Morgan fingerprint density at radius 1 is 0.370 bits per heavy atom. The standard InChI is InChI=1S/C50H31N3S/c1-4-15-32(16-5-1)47-51-48(53-49(52-47)40-23-14-26-45-46(40)39-22-11-13-25-44(39)54-45)34-28-27-33-31-43-41(30-35(33)29-34)38-21-10-12-24-42(38)50(43,36-17-6-2-7-18-36)37-19-8-3-9-20-37/h1-31H. The smallest absolute Gasteiger partial charge is 0.164 e. The number of nitrogens with zero attached hydrogens (tertiary/aromatic N) is 3. The molecule has 0 atom stereocenters. The lowest BCUT2D eigenvalue weighted by molar-refractivity contribution is 0.769. The van der Waals surface area contributed by atoms with Crippen LogP contribution in [0.15, 0.2) is 188 Å². The number of rotatable bonds is 5. The zero-order valence-corrected chi connectivity index (χ0v) is 30.0. The summed E-state index contributed by atoms with van der Waals surface area (Å²) in [6.07, 6.45) is 0. The number of fused-ring (bicyclic) bond motifs is 7. The molecule has 4 heteroatoms. The number of hydrogen-bond donors (Lipinski definition) is 0. The van der Waals surface area contributed by atoms with Crippen LogP contribution in [0.2, 0.25) is 0 Å². The zero-order valence-electron chi connectivity index (χ0n) is 29.1. The van der Waals surface area contributed by atoms with Gasteiger partial charge in [-0.2, -0.15) is 0 Å². The van der Waals surface area contributed by atoms with E-state index in [1.165, 1.54) is 58.9 Å². The van der Waals surface area contributed by atoms with Crippen molar-refractivity contribution in [2.24, 2.45) is 0 Å². The molecular weight excluding hydrogens is 675 g/mol. The van der Waals surface area contributed by atoms with Crippen LogP contribution in [0.25, 0.3) is 76.2 Å². The van der Waals surface area contributed by atoms with Gasteiger partial charge in [-0.1, -0.05) is 158 Å². The molecule has 54 heavy (non-hydrogen) atoms. The minimum absolute atomic E-state index is 0.443. The topological polar surface area (TPSA) is 38.7 Å². The van der Waals surface area contributed by atoms with E-state index >= 15 is 0 Å². The Morgan fingerprint density at radius 2 is 0.981 bits per heavy atom. The summed E-state index contributed by atoms with van der Waals surface area (Å²) in [4.78, 5) is 15.5. The Hall–Kier alpha value is -6.75. The highest BCUT2D eigenvalue weighted by Crippen LogP contribution is 2.57. The van der Waals surface area contributed by atoms with Crippen LogP contribution in [-0.4, -0.2) is 15.0 Å². The van der Waals surface area contributed by atoms with Gasteiger partial charge in [0.1, 0.15) is 0 Å². The fourth-order valence-electron chi connectivity index (χ4n) is 8.63. The second-order valence-corrected chi connectivity index (χ2v) is 15.0. The van der Waals surface area contributed by atoms with Crippen molar-refractivity contribution in [3.05, 3.63) is 210 Å². The highest BCUT2D eigenvalue weighted by Gasteiger charge is 2.46. The van der Waals surface area contributed by atoms with E-state index in [1.54, 1.807) is 11.3 Å². The van der Waals surface area contributed by atoms with Gasteiger partial charge in [0, 0.05) is 36.9 Å². The highest BCUT2D eigenvalue weighted by atomic mass is 32.1. The van der Waals surface area contributed by atoms with Crippen molar-refractivity contribution in [2.75, 3.05) is 0 Å². The predicted octanol–water partition coefficient (Wildman–Crippen LogP) is 12.8. The van der Waals surface area contributed by atoms with E-state index in [0.717, 1.165) is 22.1 Å². The van der Waals surface area contributed by atoms with Gasteiger partial charge in [0.2, 0.25) is 0 Å². The van der Waals surface area contributed by atoms with Gasteiger partial charge in [0.25, 0.3) is 0 Å². The van der Waals surface area contributed by atoms with Crippen LogP contribution in [0.3, 0.4) is 0 Å². The number of hydrogen-bond acceptors (Lipinski definition) is 4. The molecule has 0 saturated carbocycles. The maximum Gasteiger partial charge on any atom is 0.164 e. The molecule has 0 spiro atoms. The molecule has 2 aromatic heterocycles. The van der Waals surface area contributed by atoms with Gasteiger partial charge in [-0.25, -0.2) is 15.0 Å². The van der Waals surface area contributed by atoms with Crippen molar-refractivity contribution in [3.63, 3.8) is 0 Å². The van der Waals surface area contributed by atoms with Crippen molar-refractivity contribution in [3.8, 4) is 45.3 Å². The third-order valence-corrected chi connectivity index (χ3v) is 12.1. The summed E-state index contributed by atoms with van der Waals surface area (Å²) in [6.45, 7) is 0. The van der Waals surface area contributed by atoms with Crippen LogP contribution in [0.5, 0.6) is 0 Å². The molecule has 1 aliphatic rings. The summed E-state index contributed by atoms with van der Waals surface area (Å²) >= 11 is 1.80. The van der Waals surface area contributed by atoms with Crippen LogP contribution in [-0.2, 0) is 5.41 Å². The average molecular weight is 706 g/mol. The molecule has 1 aliphatic carbocycles. The number of aromatic nitrogens is 3. The molecular formula is C50H31N3S. The minimum atomic E-state index is -0.443. The van der Waals surface area contributed by atoms with Gasteiger partial charge in [0.05, 0.1) is 5.41 Å². The fraction of sp³-hybridized carbons (Fsp3) is 0.0200. The van der Waals surface area contributed by atoms with Gasteiger partial charge in [0.15, 0.2) is 17.5 Å². The van der Waals surface area contributed by atoms with E-state index in [-0.39, 0.29) is 0 Å². The summed E-state index contributed by atoms with van der Waals surface area (Å²) in [7, 11) is 0. The van der Waals surface area contributed by atoms with Crippen molar-refractivity contribution < 1.29 is 0 Å². The first-order chi connectivity index (χ1) is 26.8. The molecule has 8 aromatic carbocycles. The summed E-state index contributed by atoms with van der Waals surface area (Å²) in [5.41, 5.74) is 10.1. The van der Waals surface area contributed by atoms with Crippen molar-refractivity contribution in [1.82, 2.24) is 15.0 Å². The Labute approximate surface area is 316 Å². The molecule has 0 aliphatic heterocycles. The van der Waals surface area contributed by atoms with Gasteiger partial charge >= 0.3 is 0 Å². The molecule has 0 fully saturated rings. The lowest BCUT2D eigenvalue weighted by atomic mass is 9.67. The monoisotopic (exact) mass is 705 g/mol. The van der Waals surface area contributed by atoms with E-state index in [9.17, 15) is 0 Å². The summed E-state index contributed by atoms with van der Waals surface area (Å²) in [5.74, 6) is 1.98. The van der Waals surface area contributed by atoms with Crippen LogP contribution < -0.4 is 0 Å². The predicted molar refractivity (Wildman–Crippen MR) is 224 cm³/mol. The SMILES string of the molecule is c1ccc(-c2nc(-c3ccc4cc5c(cc4c3)-c3ccccc3C5(c3ccccc3)c3ccccc3)nc(-c3cccc4sc5ccccc5c34)n2)cc1. The van der Waals surface area contributed by atoms with E-state index in [2.05, 4.69) is 170 Å². The third-order valence-electron chi connectivity index (χ3n) is 11.0. The molecule has 3 nitrogen and oxygen atoms in total. The number of benzene rings is 8. The average Bonchev–Trinajstić information content (AvgIpc) is 3.77.